The van der Waals surface area contributed by atoms with Gasteiger partial charge in [-0.1, -0.05) is 6.07 Å². The van der Waals surface area contributed by atoms with Crippen molar-refractivity contribution in [1.29, 1.82) is 0 Å². The van der Waals surface area contributed by atoms with Gasteiger partial charge in [-0.15, -0.1) is 0 Å². The predicted octanol–water partition coefficient (Wildman–Crippen LogP) is 5.02. The van der Waals surface area contributed by atoms with Gasteiger partial charge < -0.3 is 24.1 Å². The lowest BCUT2D eigenvalue weighted by Gasteiger charge is -2.43. The lowest BCUT2D eigenvalue weighted by atomic mass is 10.0. The first-order valence-electron chi connectivity index (χ1n) is 9.92. The van der Waals surface area contributed by atoms with Crippen molar-refractivity contribution in [3.63, 3.8) is 0 Å². The fraction of sp³-hybridized carbons (Fsp3) is 0.261. The summed E-state index contributed by atoms with van der Waals surface area (Å²) < 4.78 is 31.1. The third-order valence-corrected chi connectivity index (χ3v) is 5.54. The summed E-state index contributed by atoms with van der Waals surface area (Å²) in [5.74, 6) is 0.489. The number of nitrogens with one attached hydrogen (secondary N) is 1. The number of benzene rings is 2. The van der Waals surface area contributed by atoms with Crippen LogP contribution >= 0.6 is 0 Å². The molecule has 0 unspecified atom stereocenters. The number of hydrogen-bond acceptors (Lipinski definition) is 4. The number of anilines is 1. The van der Waals surface area contributed by atoms with Crippen LogP contribution < -0.4 is 10.1 Å². The highest BCUT2D eigenvalue weighted by Crippen LogP contribution is 2.39. The third-order valence-electron chi connectivity index (χ3n) is 5.54. The molecule has 2 amide bonds. The number of nitrogens with zero attached hydrogens (tertiary/aromatic N) is 1. The Balaban J connectivity index is 1.23. The number of urea groups is 1. The molecular weight excluding hydrogens is 387 g/mol. The molecule has 2 aliphatic heterocycles. The second-order valence-electron chi connectivity index (χ2n) is 7.53. The fourth-order valence-corrected chi connectivity index (χ4v) is 3.89. The molecule has 0 atom stereocenters. The number of hydrogen-bond donors (Lipinski definition) is 1. The monoisotopic (exact) mass is 408 g/mol. The maximum Gasteiger partial charge on any atom is 0.321 e. The number of piperidine rings is 1. The van der Waals surface area contributed by atoms with Gasteiger partial charge >= 0.3 is 6.03 Å². The second-order valence-corrected chi connectivity index (χ2v) is 7.53. The third kappa shape index (κ3) is 3.64. The molecule has 1 aromatic heterocycles. The number of amides is 2. The molecule has 2 aromatic carbocycles. The van der Waals surface area contributed by atoms with Crippen LogP contribution in [0.15, 0.2) is 65.3 Å². The maximum absolute atomic E-state index is 13.3. The van der Waals surface area contributed by atoms with E-state index in [1.54, 1.807) is 23.3 Å². The molecule has 1 spiro atoms. The molecule has 1 fully saturated rings. The number of carbonyl (C=O) groups is 1. The normalized spacial score (nSPS) is 17.3. The van der Waals surface area contributed by atoms with E-state index in [-0.39, 0.29) is 11.8 Å². The lowest BCUT2D eigenvalue weighted by molar-refractivity contribution is -0.225. The molecule has 5 rings (SSSR count). The minimum Gasteiger partial charge on any atom is -0.464 e. The van der Waals surface area contributed by atoms with Crippen LogP contribution in [0.25, 0.3) is 11.3 Å². The summed E-state index contributed by atoms with van der Waals surface area (Å²) >= 11 is 0. The number of fused-ring (bicyclic) bond motifs is 1. The summed E-state index contributed by atoms with van der Waals surface area (Å²) in [5, 5.41) is 2.74. The minimum atomic E-state index is -0.727. The van der Waals surface area contributed by atoms with Gasteiger partial charge in [0.1, 0.15) is 17.3 Å². The lowest BCUT2D eigenvalue weighted by Crippen LogP contribution is -2.53. The summed E-state index contributed by atoms with van der Waals surface area (Å²) in [6, 6.07) is 15.3. The Morgan fingerprint density at radius 1 is 1.07 bits per heavy atom. The van der Waals surface area contributed by atoms with Gasteiger partial charge in [-0.2, -0.15) is 0 Å². The van der Waals surface area contributed by atoms with Gasteiger partial charge in [0, 0.05) is 42.7 Å². The Morgan fingerprint density at radius 2 is 1.93 bits per heavy atom. The van der Waals surface area contributed by atoms with Crippen LogP contribution in [0.1, 0.15) is 18.4 Å². The Labute approximate surface area is 173 Å². The first-order chi connectivity index (χ1) is 14.6. The van der Waals surface area contributed by atoms with Crippen molar-refractivity contribution >= 4 is 11.7 Å². The van der Waals surface area contributed by atoms with E-state index in [4.69, 9.17) is 13.9 Å². The highest BCUT2D eigenvalue weighted by molar-refractivity contribution is 5.89. The van der Waals surface area contributed by atoms with Crippen molar-refractivity contribution in [2.45, 2.75) is 25.2 Å². The maximum atomic E-state index is 13.3. The van der Waals surface area contributed by atoms with Gasteiger partial charge in [-0.3, -0.25) is 0 Å². The van der Waals surface area contributed by atoms with E-state index >= 15 is 0 Å². The van der Waals surface area contributed by atoms with Gasteiger partial charge in [-0.05, 0) is 48.5 Å². The Morgan fingerprint density at radius 3 is 2.70 bits per heavy atom. The predicted molar refractivity (Wildman–Crippen MR) is 109 cm³/mol. The van der Waals surface area contributed by atoms with Crippen LogP contribution in [0.3, 0.4) is 0 Å². The zero-order valence-corrected chi connectivity index (χ0v) is 16.3. The molecule has 1 saturated heterocycles. The number of halogens is 1. The van der Waals surface area contributed by atoms with E-state index in [0.29, 0.717) is 38.2 Å². The van der Waals surface area contributed by atoms with Crippen LogP contribution in [0.5, 0.6) is 5.75 Å². The largest absolute Gasteiger partial charge is 0.464 e. The van der Waals surface area contributed by atoms with Crippen LogP contribution in [-0.4, -0.2) is 29.8 Å². The average molecular weight is 408 g/mol. The molecule has 1 N–H and O–H groups in total. The minimum absolute atomic E-state index is 0.255. The number of furan rings is 1. The Kier molecular flexibility index (Phi) is 4.67. The number of carbonyl (C=O) groups excluding carboxylic acids is 1. The van der Waals surface area contributed by atoms with E-state index < -0.39 is 5.79 Å². The van der Waals surface area contributed by atoms with Crippen molar-refractivity contribution in [3.8, 4) is 17.1 Å². The summed E-state index contributed by atoms with van der Waals surface area (Å²) in [7, 11) is 0. The highest BCUT2D eigenvalue weighted by Gasteiger charge is 2.42. The van der Waals surface area contributed by atoms with Crippen LogP contribution in [0.4, 0.5) is 14.9 Å². The zero-order chi connectivity index (χ0) is 20.6. The molecule has 0 aliphatic carbocycles. The van der Waals surface area contributed by atoms with E-state index in [1.165, 1.54) is 12.1 Å². The molecule has 6 nitrogen and oxygen atoms in total. The van der Waals surface area contributed by atoms with Gasteiger partial charge in [0.15, 0.2) is 0 Å². The average Bonchev–Trinajstić information content (AvgIpc) is 3.29. The van der Waals surface area contributed by atoms with E-state index in [2.05, 4.69) is 5.32 Å². The highest BCUT2D eigenvalue weighted by atomic mass is 19.1. The van der Waals surface area contributed by atoms with E-state index in [1.807, 2.05) is 30.3 Å². The molecule has 3 heterocycles. The SMILES string of the molecule is O=C(Nc1cccc(F)c1)N1CCC2(CC1)OCc1cc(-c3ccco3)ccc1O2. The number of rotatable bonds is 2. The molecule has 0 bridgehead atoms. The summed E-state index contributed by atoms with van der Waals surface area (Å²) in [5.41, 5.74) is 2.39. The second kappa shape index (κ2) is 7.50. The van der Waals surface area contributed by atoms with Gasteiger partial charge in [0.25, 0.3) is 0 Å². The molecule has 30 heavy (non-hydrogen) atoms. The Bertz CT molecular complexity index is 1060. The first kappa shape index (κ1) is 18.7. The molecule has 3 aromatic rings. The molecule has 7 heteroatoms. The molecular formula is C23H21FN2O4. The van der Waals surface area contributed by atoms with Crippen LogP contribution in [0.2, 0.25) is 0 Å². The Hall–Kier alpha value is -3.32. The first-order valence-corrected chi connectivity index (χ1v) is 9.92. The molecule has 0 saturated carbocycles. The standard InChI is InChI=1S/C23H21FN2O4/c24-18-3-1-4-19(14-18)25-22(27)26-10-8-23(9-11-26)29-15-17-13-16(6-7-21(17)30-23)20-5-2-12-28-20/h1-7,12-14H,8-11,15H2,(H,25,27). The quantitative estimate of drug-likeness (QED) is 0.647. The van der Waals surface area contributed by atoms with Crippen molar-refractivity contribution in [2.75, 3.05) is 18.4 Å². The summed E-state index contributed by atoms with van der Waals surface area (Å²) in [6.45, 7) is 1.42. The van der Waals surface area contributed by atoms with Crippen molar-refractivity contribution in [2.24, 2.45) is 0 Å². The zero-order valence-electron chi connectivity index (χ0n) is 16.3. The van der Waals surface area contributed by atoms with E-state index in [0.717, 1.165) is 22.6 Å². The van der Waals surface area contributed by atoms with E-state index in [9.17, 15) is 9.18 Å². The van der Waals surface area contributed by atoms with Gasteiger partial charge in [0.05, 0.1) is 12.9 Å². The summed E-state index contributed by atoms with van der Waals surface area (Å²) in [4.78, 5) is 14.2. The number of likely N-dealkylation sites (tertiary alicyclic amines) is 1. The summed E-state index contributed by atoms with van der Waals surface area (Å²) in [6.07, 6.45) is 2.76. The number of ether oxygens (including phenoxy) is 2. The van der Waals surface area contributed by atoms with Crippen LogP contribution in [-0.2, 0) is 11.3 Å². The molecule has 0 radical (unpaired) electrons. The van der Waals surface area contributed by atoms with Crippen LogP contribution in [0, 0.1) is 5.82 Å². The smallest absolute Gasteiger partial charge is 0.321 e. The van der Waals surface area contributed by atoms with Gasteiger partial charge in [0.2, 0.25) is 5.79 Å². The molecule has 2 aliphatic rings. The van der Waals surface area contributed by atoms with Crippen molar-refractivity contribution in [3.05, 3.63) is 72.2 Å². The van der Waals surface area contributed by atoms with Crippen molar-refractivity contribution < 1.29 is 23.1 Å². The fourth-order valence-electron chi connectivity index (χ4n) is 3.89. The topological polar surface area (TPSA) is 63.9 Å². The van der Waals surface area contributed by atoms with Crippen molar-refractivity contribution in [1.82, 2.24) is 4.90 Å². The molecule has 154 valence electrons. The van der Waals surface area contributed by atoms with Gasteiger partial charge in [-0.25, -0.2) is 9.18 Å².